The summed E-state index contributed by atoms with van der Waals surface area (Å²) in [6, 6.07) is 8.01. The number of rotatable bonds is 4. The van der Waals surface area contributed by atoms with Crippen molar-refractivity contribution in [2.24, 2.45) is 0 Å². The molecule has 0 spiro atoms. The van der Waals surface area contributed by atoms with Gasteiger partial charge < -0.3 is 10.1 Å². The molecule has 1 unspecified atom stereocenters. The normalized spacial score (nSPS) is 12.4. The van der Waals surface area contributed by atoms with E-state index in [0.717, 1.165) is 33.2 Å². The summed E-state index contributed by atoms with van der Waals surface area (Å²) < 4.78 is 5.24. The van der Waals surface area contributed by atoms with E-state index in [1.54, 1.807) is 13.3 Å². The van der Waals surface area contributed by atoms with E-state index in [1.807, 2.05) is 31.3 Å². The van der Waals surface area contributed by atoms with Gasteiger partial charge >= 0.3 is 0 Å². The zero-order valence-corrected chi connectivity index (χ0v) is 14.2. The summed E-state index contributed by atoms with van der Waals surface area (Å²) in [6.07, 6.45) is 3.55. The SMILES string of the molecule is COc1cc2c(NC(C)c3cccc4[nH]ncc34)nc(C)nc2cn1. The average Bonchev–Trinajstić information content (AvgIpc) is 3.10. The van der Waals surface area contributed by atoms with Gasteiger partial charge in [0.05, 0.1) is 36.6 Å². The number of aromatic amines is 1. The monoisotopic (exact) mass is 334 g/mol. The van der Waals surface area contributed by atoms with E-state index in [-0.39, 0.29) is 6.04 Å². The van der Waals surface area contributed by atoms with Crippen molar-refractivity contribution in [2.75, 3.05) is 12.4 Å². The maximum atomic E-state index is 5.24. The summed E-state index contributed by atoms with van der Waals surface area (Å²) in [5, 5.41) is 12.6. The highest BCUT2D eigenvalue weighted by atomic mass is 16.5. The first-order chi connectivity index (χ1) is 12.2. The highest BCUT2D eigenvalue weighted by Crippen LogP contribution is 2.29. The average molecular weight is 334 g/mol. The molecule has 0 radical (unpaired) electrons. The Balaban J connectivity index is 1.78. The highest BCUT2D eigenvalue weighted by Gasteiger charge is 2.14. The zero-order valence-electron chi connectivity index (χ0n) is 14.2. The van der Waals surface area contributed by atoms with Gasteiger partial charge in [-0.3, -0.25) is 5.10 Å². The first-order valence-corrected chi connectivity index (χ1v) is 8.02. The summed E-state index contributed by atoms with van der Waals surface area (Å²) in [5.41, 5.74) is 2.95. The number of pyridine rings is 1. The molecular formula is C18H18N6O. The number of H-pyrrole nitrogens is 1. The summed E-state index contributed by atoms with van der Waals surface area (Å²) in [7, 11) is 1.60. The smallest absolute Gasteiger partial charge is 0.213 e. The van der Waals surface area contributed by atoms with Crippen molar-refractivity contribution in [2.45, 2.75) is 19.9 Å². The molecule has 0 amide bonds. The van der Waals surface area contributed by atoms with Crippen molar-refractivity contribution in [3.8, 4) is 5.88 Å². The fourth-order valence-corrected chi connectivity index (χ4v) is 3.00. The van der Waals surface area contributed by atoms with Crippen LogP contribution in [0.4, 0.5) is 5.82 Å². The molecule has 0 aliphatic rings. The van der Waals surface area contributed by atoms with Gasteiger partial charge in [-0.25, -0.2) is 15.0 Å². The van der Waals surface area contributed by atoms with E-state index in [0.29, 0.717) is 11.7 Å². The fourth-order valence-electron chi connectivity index (χ4n) is 3.00. The van der Waals surface area contributed by atoms with E-state index in [2.05, 4.69) is 43.5 Å². The maximum absolute atomic E-state index is 5.24. The number of benzene rings is 1. The molecule has 126 valence electrons. The van der Waals surface area contributed by atoms with Crippen LogP contribution in [0.2, 0.25) is 0 Å². The molecule has 0 aliphatic carbocycles. The second-order valence-electron chi connectivity index (χ2n) is 5.91. The number of nitrogens with zero attached hydrogens (tertiary/aromatic N) is 4. The number of hydrogen-bond donors (Lipinski definition) is 2. The molecule has 0 saturated heterocycles. The molecule has 3 aromatic heterocycles. The van der Waals surface area contributed by atoms with Gasteiger partial charge in [0, 0.05) is 16.8 Å². The number of ether oxygens (including phenoxy) is 1. The largest absolute Gasteiger partial charge is 0.481 e. The van der Waals surface area contributed by atoms with Gasteiger partial charge in [0.2, 0.25) is 5.88 Å². The minimum atomic E-state index is 0.0398. The van der Waals surface area contributed by atoms with E-state index in [4.69, 9.17) is 4.74 Å². The van der Waals surface area contributed by atoms with Crippen molar-refractivity contribution in [1.82, 2.24) is 25.1 Å². The van der Waals surface area contributed by atoms with Gasteiger partial charge in [0.25, 0.3) is 0 Å². The van der Waals surface area contributed by atoms with Crippen molar-refractivity contribution in [1.29, 1.82) is 0 Å². The van der Waals surface area contributed by atoms with E-state index in [9.17, 15) is 0 Å². The van der Waals surface area contributed by atoms with Gasteiger partial charge in [-0.1, -0.05) is 12.1 Å². The lowest BCUT2D eigenvalue weighted by Crippen LogP contribution is -2.10. The molecule has 3 heterocycles. The molecule has 7 heteroatoms. The minimum absolute atomic E-state index is 0.0398. The fraction of sp³-hybridized carbons (Fsp3) is 0.222. The molecule has 0 bridgehead atoms. The van der Waals surface area contributed by atoms with E-state index >= 15 is 0 Å². The second kappa shape index (κ2) is 6.01. The van der Waals surface area contributed by atoms with Gasteiger partial charge in [0.1, 0.15) is 11.6 Å². The standard InChI is InChI=1S/C18H18N6O/c1-10(12-5-4-6-15-14(12)8-20-24-15)21-18-13-7-17(25-3)19-9-16(13)22-11(2)23-18/h4-10H,1-3H3,(H,20,24)(H,21,22,23). The van der Waals surface area contributed by atoms with Crippen LogP contribution in [0.1, 0.15) is 24.4 Å². The minimum Gasteiger partial charge on any atom is -0.481 e. The van der Waals surface area contributed by atoms with Crippen LogP contribution in [0.3, 0.4) is 0 Å². The predicted molar refractivity (Wildman–Crippen MR) is 96.8 cm³/mol. The third-order valence-corrected chi connectivity index (χ3v) is 4.22. The molecule has 4 rings (SSSR count). The van der Waals surface area contributed by atoms with Crippen LogP contribution in [0, 0.1) is 6.92 Å². The van der Waals surface area contributed by atoms with Crippen molar-refractivity contribution in [3.63, 3.8) is 0 Å². The van der Waals surface area contributed by atoms with Crippen LogP contribution in [-0.2, 0) is 0 Å². The lowest BCUT2D eigenvalue weighted by atomic mass is 10.0. The lowest BCUT2D eigenvalue weighted by molar-refractivity contribution is 0.398. The molecule has 0 aliphatic heterocycles. The van der Waals surface area contributed by atoms with Crippen molar-refractivity contribution >= 4 is 27.6 Å². The third kappa shape index (κ3) is 2.73. The molecule has 0 fully saturated rings. The van der Waals surface area contributed by atoms with Crippen LogP contribution in [0.5, 0.6) is 5.88 Å². The summed E-state index contributed by atoms with van der Waals surface area (Å²) in [6.45, 7) is 3.97. The summed E-state index contributed by atoms with van der Waals surface area (Å²) in [5.74, 6) is 1.99. The Labute approximate surface area is 144 Å². The Hall–Kier alpha value is -3.22. The maximum Gasteiger partial charge on any atom is 0.213 e. The van der Waals surface area contributed by atoms with Gasteiger partial charge in [-0.05, 0) is 25.5 Å². The number of aromatic nitrogens is 5. The quantitative estimate of drug-likeness (QED) is 0.595. The Morgan fingerprint density at radius 3 is 2.88 bits per heavy atom. The van der Waals surface area contributed by atoms with Crippen molar-refractivity contribution in [3.05, 3.63) is 48.0 Å². The molecule has 4 aromatic rings. The number of aryl methyl sites for hydroxylation is 1. The van der Waals surface area contributed by atoms with Crippen LogP contribution in [0.25, 0.3) is 21.8 Å². The topological polar surface area (TPSA) is 88.6 Å². The van der Waals surface area contributed by atoms with Gasteiger partial charge in [-0.2, -0.15) is 5.10 Å². The Bertz CT molecular complexity index is 1060. The summed E-state index contributed by atoms with van der Waals surface area (Å²) in [4.78, 5) is 13.3. The molecule has 25 heavy (non-hydrogen) atoms. The number of anilines is 1. The van der Waals surface area contributed by atoms with Crippen LogP contribution < -0.4 is 10.1 Å². The summed E-state index contributed by atoms with van der Waals surface area (Å²) >= 11 is 0. The molecule has 1 aromatic carbocycles. The van der Waals surface area contributed by atoms with Crippen LogP contribution in [0.15, 0.2) is 36.7 Å². The Morgan fingerprint density at radius 2 is 2.04 bits per heavy atom. The second-order valence-corrected chi connectivity index (χ2v) is 5.91. The number of methoxy groups -OCH3 is 1. The van der Waals surface area contributed by atoms with Crippen LogP contribution in [-0.4, -0.2) is 32.3 Å². The predicted octanol–water partition coefficient (Wildman–Crippen LogP) is 3.39. The van der Waals surface area contributed by atoms with E-state index in [1.165, 1.54) is 0 Å². The van der Waals surface area contributed by atoms with Crippen LogP contribution >= 0.6 is 0 Å². The van der Waals surface area contributed by atoms with E-state index < -0.39 is 0 Å². The zero-order chi connectivity index (χ0) is 17.4. The van der Waals surface area contributed by atoms with Gasteiger partial charge in [0.15, 0.2) is 0 Å². The lowest BCUT2D eigenvalue weighted by Gasteiger charge is -2.17. The van der Waals surface area contributed by atoms with Crippen molar-refractivity contribution < 1.29 is 4.74 Å². The number of hydrogen-bond acceptors (Lipinski definition) is 6. The Morgan fingerprint density at radius 1 is 1.16 bits per heavy atom. The third-order valence-electron chi connectivity index (χ3n) is 4.22. The molecule has 0 saturated carbocycles. The highest BCUT2D eigenvalue weighted by molar-refractivity contribution is 5.90. The molecule has 1 atom stereocenters. The molecular weight excluding hydrogens is 316 g/mol. The molecule has 7 nitrogen and oxygen atoms in total. The Kier molecular flexibility index (Phi) is 3.68. The molecule has 2 N–H and O–H groups in total. The number of fused-ring (bicyclic) bond motifs is 2. The first kappa shape index (κ1) is 15.3. The van der Waals surface area contributed by atoms with Gasteiger partial charge in [-0.15, -0.1) is 0 Å². The number of nitrogens with one attached hydrogen (secondary N) is 2. The first-order valence-electron chi connectivity index (χ1n) is 8.02.